The number of halogens is 1. The summed E-state index contributed by atoms with van der Waals surface area (Å²) in [5, 5.41) is 5.36. The van der Waals surface area contributed by atoms with Crippen LogP contribution in [0.1, 0.15) is 43.7 Å². The molecule has 0 spiro atoms. The number of hydrogen-bond donors (Lipinski definition) is 1. The minimum absolute atomic E-state index is 0.0516. The average molecular weight is 404 g/mol. The van der Waals surface area contributed by atoms with Crippen molar-refractivity contribution in [3.05, 3.63) is 71.7 Å². The van der Waals surface area contributed by atoms with E-state index in [1.807, 2.05) is 18.3 Å². The molecule has 0 radical (unpaired) electrons. The van der Waals surface area contributed by atoms with Gasteiger partial charge in [-0.25, -0.2) is 9.82 Å². The molecule has 1 heterocycles. The van der Waals surface area contributed by atoms with Gasteiger partial charge in [0.1, 0.15) is 5.82 Å². The Balaban J connectivity index is 1.33. The summed E-state index contributed by atoms with van der Waals surface area (Å²) in [6, 6.07) is 14.7. The second-order valence-corrected chi connectivity index (χ2v) is 8.93. The summed E-state index contributed by atoms with van der Waals surface area (Å²) in [5.74, 6) is 0.454. The summed E-state index contributed by atoms with van der Waals surface area (Å²) in [5.41, 5.74) is 6.02. The van der Waals surface area contributed by atoms with Crippen molar-refractivity contribution >= 4 is 23.0 Å². The highest BCUT2D eigenvalue weighted by atomic mass is 19.1. The molecule has 3 unspecified atom stereocenters. The maximum atomic E-state index is 13.2. The van der Waals surface area contributed by atoms with E-state index in [-0.39, 0.29) is 23.1 Å². The van der Waals surface area contributed by atoms with Crippen LogP contribution in [0.3, 0.4) is 0 Å². The Labute approximate surface area is 175 Å². The van der Waals surface area contributed by atoms with Crippen molar-refractivity contribution in [3.8, 4) is 0 Å². The molecule has 2 aromatic carbocycles. The van der Waals surface area contributed by atoms with Crippen molar-refractivity contribution in [2.24, 2.45) is 22.4 Å². The minimum Gasteiger partial charge on any atom is -0.342 e. The summed E-state index contributed by atoms with van der Waals surface area (Å²) in [6.07, 6.45) is 8.54. The highest BCUT2D eigenvalue weighted by Gasteiger charge is 2.64. The van der Waals surface area contributed by atoms with E-state index in [1.54, 1.807) is 18.3 Å². The lowest BCUT2D eigenvalue weighted by atomic mass is 9.90. The van der Waals surface area contributed by atoms with Crippen molar-refractivity contribution in [3.63, 3.8) is 0 Å². The zero-order valence-electron chi connectivity index (χ0n) is 17.1. The monoisotopic (exact) mass is 403 g/mol. The van der Waals surface area contributed by atoms with Crippen molar-refractivity contribution in [2.75, 3.05) is 0 Å². The number of carbonyl (C=O) groups is 1. The van der Waals surface area contributed by atoms with Crippen LogP contribution in [0.5, 0.6) is 0 Å². The van der Waals surface area contributed by atoms with Crippen LogP contribution in [0.4, 0.5) is 4.39 Å². The Morgan fingerprint density at radius 1 is 1.23 bits per heavy atom. The molecule has 5 heteroatoms. The van der Waals surface area contributed by atoms with Gasteiger partial charge in [-0.05, 0) is 47.9 Å². The minimum atomic E-state index is -0.232. The van der Waals surface area contributed by atoms with Crippen LogP contribution < -0.4 is 5.43 Å². The second-order valence-electron chi connectivity index (χ2n) is 8.93. The maximum absolute atomic E-state index is 13.2. The Hall–Kier alpha value is -2.95. The van der Waals surface area contributed by atoms with Gasteiger partial charge < -0.3 is 4.57 Å². The molecule has 3 atom stereocenters. The lowest BCUT2D eigenvalue weighted by Gasteiger charge is -2.15. The van der Waals surface area contributed by atoms with E-state index in [2.05, 4.69) is 34.2 Å². The van der Waals surface area contributed by atoms with E-state index in [1.165, 1.54) is 25.0 Å². The number of carbonyl (C=O) groups excluding carboxylic acids is 1. The normalized spacial score (nSPS) is 25.4. The number of aromatic nitrogens is 1. The fourth-order valence-corrected chi connectivity index (χ4v) is 5.38. The zero-order chi connectivity index (χ0) is 20.7. The van der Waals surface area contributed by atoms with Gasteiger partial charge >= 0.3 is 0 Å². The van der Waals surface area contributed by atoms with Crippen LogP contribution in [-0.4, -0.2) is 16.7 Å². The molecular weight excluding hydrogens is 377 g/mol. The van der Waals surface area contributed by atoms with Gasteiger partial charge in [0.2, 0.25) is 5.91 Å². The van der Waals surface area contributed by atoms with Gasteiger partial charge in [0, 0.05) is 35.1 Å². The molecule has 0 saturated heterocycles. The smallest absolute Gasteiger partial charge is 0.244 e. The van der Waals surface area contributed by atoms with Crippen molar-refractivity contribution < 1.29 is 9.18 Å². The highest BCUT2D eigenvalue weighted by Crippen LogP contribution is 2.66. The Morgan fingerprint density at radius 3 is 2.80 bits per heavy atom. The van der Waals surface area contributed by atoms with Gasteiger partial charge in [0.25, 0.3) is 0 Å². The number of nitrogens with one attached hydrogen (secondary N) is 1. The molecule has 2 aliphatic carbocycles. The molecule has 2 fully saturated rings. The van der Waals surface area contributed by atoms with Gasteiger partial charge in [-0.15, -0.1) is 0 Å². The van der Waals surface area contributed by atoms with Crippen LogP contribution in [0.25, 0.3) is 10.9 Å². The summed E-state index contributed by atoms with van der Waals surface area (Å²) >= 11 is 0. The Bertz CT molecular complexity index is 1120. The molecule has 1 aromatic heterocycles. The second kappa shape index (κ2) is 7.38. The Kier molecular flexibility index (Phi) is 4.69. The number of nitrogens with zero attached hydrogens (tertiary/aromatic N) is 2. The molecule has 0 aliphatic heterocycles. The summed E-state index contributed by atoms with van der Waals surface area (Å²) < 4.78 is 15.3. The molecule has 0 bridgehead atoms. The van der Waals surface area contributed by atoms with Crippen LogP contribution in [0.15, 0.2) is 59.8 Å². The standard InChI is InChI=1S/C25H26FN3O/c1-25-13-5-4-7-21(25)23(25)24(30)28-27-14-18-16-29(22-8-3-2-6-20(18)22)15-17-9-11-19(26)12-10-17/h2-3,6,8-12,14,16,21,23H,4-5,7,13,15H2,1H3,(H,28,30)/b27-14+. The zero-order valence-corrected chi connectivity index (χ0v) is 17.1. The fourth-order valence-electron chi connectivity index (χ4n) is 5.38. The number of hydrazone groups is 1. The SMILES string of the molecule is CC12CCCCC1C2C(=O)N/N=C/c1cn(Cc2ccc(F)cc2)c2ccccc12. The fraction of sp³-hybridized carbons (Fsp3) is 0.360. The molecule has 1 N–H and O–H groups in total. The number of benzene rings is 2. The third kappa shape index (κ3) is 3.32. The van der Waals surface area contributed by atoms with E-state index in [0.29, 0.717) is 12.5 Å². The summed E-state index contributed by atoms with van der Waals surface area (Å²) in [4.78, 5) is 12.6. The first-order valence-corrected chi connectivity index (χ1v) is 10.7. The van der Waals surface area contributed by atoms with Crippen LogP contribution >= 0.6 is 0 Å². The number of rotatable bonds is 5. The number of para-hydroxylation sites is 1. The molecule has 30 heavy (non-hydrogen) atoms. The summed E-state index contributed by atoms with van der Waals surface area (Å²) in [7, 11) is 0. The summed E-state index contributed by atoms with van der Waals surface area (Å²) in [6.45, 7) is 2.89. The quantitative estimate of drug-likeness (QED) is 0.467. The molecule has 4 nitrogen and oxygen atoms in total. The van der Waals surface area contributed by atoms with E-state index in [4.69, 9.17) is 0 Å². The predicted molar refractivity (Wildman–Crippen MR) is 117 cm³/mol. The molecule has 154 valence electrons. The largest absolute Gasteiger partial charge is 0.342 e. The van der Waals surface area contributed by atoms with Crippen LogP contribution in [0.2, 0.25) is 0 Å². The Morgan fingerprint density at radius 2 is 2.03 bits per heavy atom. The van der Waals surface area contributed by atoms with Gasteiger partial charge in [0.05, 0.1) is 6.21 Å². The van der Waals surface area contributed by atoms with E-state index in [9.17, 15) is 9.18 Å². The van der Waals surface area contributed by atoms with Crippen molar-refractivity contribution in [1.29, 1.82) is 0 Å². The van der Waals surface area contributed by atoms with Gasteiger partial charge in [-0.3, -0.25) is 4.79 Å². The van der Waals surface area contributed by atoms with Gasteiger partial charge in [0.15, 0.2) is 0 Å². The van der Waals surface area contributed by atoms with Crippen molar-refractivity contribution in [2.45, 2.75) is 39.2 Å². The number of hydrogen-bond acceptors (Lipinski definition) is 2. The molecular formula is C25H26FN3O. The first-order valence-electron chi connectivity index (χ1n) is 10.7. The maximum Gasteiger partial charge on any atom is 0.244 e. The third-order valence-corrected chi connectivity index (χ3v) is 7.08. The van der Waals surface area contributed by atoms with E-state index >= 15 is 0 Å². The molecule has 3 aromatic rings. The van der Waals surface area contributed by atoms with E-state index in [0.717, 1.165) is 34.9 Å². The predicted octanol–water partition coefficient (Wildman–Crippen LogP) is 5.11. The number of fused-ring (bicyclic) bond motifs is 2. The van der Waals surface area contributed by atoms with E-state index < -0.39 is 0 Å². The van der Waals surface area contributed by atoms with Gasteiger partial charge in [-0.2, -0.15) is 5.10 Å². The highest BCUT2D eigenvalue weighted by molar-refractivity contribution is 5.99. The van der Waals surface area contributed by atoms with Crippen molar-refractivity contribution in [1.82, 2.24) is 9.99 Å². The first-order chi connectivity index (χ1) is 14.6. The molecule has 2 aliphatic rings. The lowest BCUT2D eigenvalue weighted by molar-refractivity contribution is -0.123. The van der Waals surface area contributed by atoms with Gasteiger partial charge in [-0.1, -0.05) is 50.1 Å². The number of amides is 1. The average Bonchev–Trinajstić information content (AvgIpc) is 3.25. The topological polar surface area (TPSA) is 46.4 Å². The lowest BCUT2D eigenvalue weighted by Crippen LogP contribution is -2.22. The molecule has 1 amide bonds. The molecule has 5 rings (SSSR count). The first kappa shape index (κ1) is 19.0. The van der Waals surface area contributed by atoms with Crippen LogP contribution in [-0.2, 0) is 11.3 Å². The third-order valence-electron chi connectivity index (χ3n) is 7.08. The van der Waals surface area contributed by atoms with Crippen LogP contribution in [0, 0.1) is 23.1 Å². The molecule has 2 saturated carbocycles.